The molecule has 0 spiro atoms. The van der Waals surface area contributed by atoms with Crippen molar-refractivity contribution in [3.05, 3.63) is 119 Å². The number of rotatable bonds is 2. The average Bonchev–Trinajstić information content (AvgIpc) is 2.84. The van der Waals surface area contributed by atoms with Gasteiger partial charge in [0.25, 0.3) is 0 Å². The Morgan fingerprint density at radius 3 is 1.84 bits per heavy atom. The summed E-state index contributed by atoms with van der Waals surface area (Å²) in [7, 11) is 0. The molecule has 6 aromatic carbocycles. The van der Waals surface area contributed by atoms with E-state index in [4.69, 9.17) is 0 Å². The number of hydrogen-bond acceptors (Lipinski definition) is 0. The van der Waals surface area contributed by atoms with E-state index in [2.05, 4.69) is 138 Å². The van der Waals surface area contributed by atoms with Crippen LogP contribution in [0.1, 0.15) is 0 Å². The van der Waals surface area contributed by atoms with Gasteiger partial charge in [0.15, 0.2) is 0 Å². The molecule has 0 unspecified atom stereocenters. The molecule has 0 radical (unpaired) electrons. The lowest BCUT2D eigenvalue weighted by Gasteiger charge is -2.18. The summed E-state index contributed by atoms with van der Waals surface area (Å²) in [6.07, 6.45) is 0. The van der Waals surface area contributed by atoms with Gasteiger partial charge in [-0.1, -0.05) is 115 Å². The maximum absolute atomic E-state index is 2.57. The molecule has 0 aliphatic rings. The number of halogens is 1. The maximum Gasteiger partial charge on any atom is 0.0300 e. The van der Waals surface area contributed by atoms with Crippen molar-refractivity contribution in [2.24, 2.45) is 0 Å². The molecule has 0 nitrogen and oxygen atoms in total. The van der Waals surface area contributed by atoms with E-state index in [1.54, 1.807) is 0 Å². The van der Waals surface area contributed by atoms with Crippen LogP contribution in [-0.2, 0) is 0 Å². The first-order chi connectivity index (χ1) is 15.3. The molecule has 0 amide bonds. The zero-order valence-corrected chi connectivity index (χ0v) is 19.0. The second-order valence-electron chi connectivity index (χ2n) is 7.86. The highest BCUT2D eigenvalue weighted by atomic mass is 127. The van der Waals surface area contributed by atoms with Gasteiger partial charge < -0.3 is 0 Å². The van der Waals surface area contributed by atoms with Crippen molar-refractivity contribution in [1.82, 2.24) is 0 Å². The van der Waals surface area contributed by atoms with Gasteiger partial charge in [-0.15, -0.1) is 0 Å². The van der Waals surface area contributed by atoms with Crippen LogP contribution in [0.2, 0.25) is 0 Å². The third kappa shape index (κ3) is 2.95. The van der Waals surface area contributed by atoms with E-state index in [1.807, 2.05) is 0 Å². The molecule has 0 fully saturated rings. The minimum atomic E-state index is 1.25. The molecule has 0 N–H and O–H groups in total. The zero-order valence-electron chi connectivity index (χ0n) is 16.8. The van der Waals surface area contributed by atoms with Crippen molar-refractivity contribution in [2.45, 2.75) is 0 Å². The molecule has 31 heavy (non-hydrogen) atoms. The molecular weight excluding hydrogens is 487 g/mol. The first kappa shape index (κ1) is 18.6. The van der Waals surface area contributed by atoms with Gasteiger partial charge in [0, 0.05) is 14.5 Å². The zero-order chi connectivity index (χ0) is 20.8. The fourth-order valence-corrected chi connectivity index (χ4v) is 5.91. The smallest absolute Gasteiger partial charge is 0.0300 e. The third-order valence-electron chi connectivity index (χ3n) is 6.14. The Hall–Kier alpha value is -3.17. The van der Waals surface area contributed by atoms with E-state index in [1.165, 1.54) is 58.1 Å². The van der Waals surface area contributed by atoms with Crippen LogP contribution in [-0.4, -0.2) is 0 Å². The molecule has 0 aliphatic carbocycles. The topological polar surface area (TPSA) is 0 Å². The number of benzene rings is 6. The second-order valence-corrected chi connectivity index (χ2v) is 8.93. The summed E-state index contributed by atoms with van der Waals surface area (Å²) in [6, 6.07) is 41.6. The van der Waals surface area contributed by atoms with Gasteiger partial charge in [0.2, 0.25) is 0 Å². The Balaban J connectivity index is 1.82. The first-order valence-corrected chi connectivity index (χ1v) is 11.6. The summed E-state index contributed by atoms with van der Waals surface area (Å²) in [5.74, 6) is 0. The van der Waals surface area contributed by atoms with E-state index in [0.717, 1.165) is 0 Å². The molecule has 1 heteroatoms. The van der Waals surface area contributed by atoms with Crippen molar-refractivity contribution < 1.29 is 0 Å². The lowest BCUT2D eigenvalue weighted by Crippen LogP contribution is -1.93. The molecule has 0 aromatic heterocycles. The SMILES string of the molecule is Ic1c(-c2ccccc2-c2ccccc2)c2ccccc2c2ccc3ccccc3c12. The standard InChI is InChI=1S/C30H19I/c31-30-28-23-14-5-4-12-21(23)18-19-27(28)24-15-7-9-17-26(24)29(30)25-16-8-6-13-22(25)20-10-2-1-3-11-20/h1-19H. The lowest BCUT2D eigenvalue weighted by molar-refractivity contribution is 1.60. The summed E-state index contributed by atoms with van der Waals surface area (Å²) in [5.41, 5.74) is 5.12. The van der Waals surface area contributed by atoms with Gasteiger partial charge in [-0.2, -0.15) is 0 Å². The minimum absolute atomic E-state index is 1.25. The van der Waals surface area contributed by atoms with E-state index < -0.39 is 0 Å². The molecule has 0 heterocycles. The monoisotopic (exact) mass is 506 g/mol. The summed E-state index contributed by atoms with van der Waals surface area (Å²) in [5, 5.41) is 7.87. The molecule has 0 aliphatic heterocycles. The lowest BCUT2D eigenvalue weighted by atomic mass is 9.88. The van der Waals surface area contributed by atoms with Crippen molar-refractivity contribution >= 4 is 54.9 Å². The van der Waals surface area contributed by atoms with Gasteiger partial charge in [0.1, 0.15) is 0 Å². The predicted octanol–water partition coefficient (Wildman–Crippen LogP) is 9.08. The Morgan fingerprint density at radius 2 is 1.03 bits per heavy atom. The highest BCUT2D eigenvalue weighted by molar-refractivity contribution is 14.1. The number of fused-ring (bicyclic) bond motifs is 5. The van der Waals surface area contributed by atoms with Crippen LogP contribution in [0, 0.1) is 3.57 Å². The molecular formula is C30H19I. The van der Waals surface area contributed by atoms with Crippen molar-refractivity contribution in [2.75, 3.05) is 0 Å². The molecule has 6 aromatic rings. The Labute approximate surface area is 195 Å². The molecule has 0 saturated carbocycles. The van der Waals surface area contributed by atoms with E-state index in [9.17, 15) is 0 Å². The van der Waals surface area contributed by atoms with Crippen LogP contribution in [0.3, 0.4) is 0 Å². The van der Waals surface area contributed by atoms with Gasteiger partial charge in [0.05, 0.1) is 0 Å². The first-order valence-electron chi connectivity index (χ1n) is 10.5. The highest BCUT2D eigenvalue weighted by Gasteiger charge is 2.18. The van der Waals surface area contributed by atoms with E-state index in [-0.39, 0.29) is 0 Å². The van der Waals surface area contributed by atoms with Crippen molar-refractivity contribution in [3.8, 4) is 22.3 Å². The maximum atomic E-state index is 2.57. The Bertz CT molecular complexity index is 1580. The molecule has 0 bridgehead atoms. The normalized spacial score (nSPS) is 11.4. The van der Waals surface area contributed by atoms with Crippen LogP contribution >= 0.6 is 22.6 Å². The summed E-state index contributed by atoms with van der Waals surface area (Å²) < 4.78 is 1.31. The van der Waals surface area contributed by atoms with Gasteiger partial charge in [-0.25, -0.2) is 0 Å². The van der Waals surface area contributed by atoms with E-state index in [0.29, 0.717) is 0 Å². The molecule has 0 saturated heterocycles. The van der Waals surface area contributed by atoms with Gasteiger partial charge >= 0.3 is 0 Å². The fraction of sp³-hybridized carbons (Fsp3) is 0. The van der Waals surface area contributed by atoms with Gasteiger partial charge in [-0.05, 0) is 66.2 Å². The summed E-state index contributed by atoms with van der Waals surface area (Å²) >= 11 is 2.57. The van der Waals surface area contributed by atoms with Crippen LogP contribution in [0.4, 0.5) is 0 Å². The van der Waals surface area contributed by atoms with Gasteiger partial charge in [-0.3, -0.25) is 0 Å². The largest absolute Gasteiger partial charge is 0.0622 e. The second kappa shape index (κ2) is 7.51. The average molecular weight is 506 g/mol. The van der Waals surface area contributed by atoms with E-state index >= 15 is 0 Å². The summed E-state index contributed by atoms with van der Waals surface area (Å²) in [4.78, 5) is 0. The van der Waals surface area contributed by atoms with Crippen molar-refractivity contribution in [1.29, 1.82) is 0 Å². The number of hydrogen-bond donors (Lipinski definition) is 0. The Morgan fingerprint density at radius 1 is 0.419 bits per heavy atom. The van der Waals surface area contributed by atoms with Crippen LogP contribution in [0.15, 0.2) is 115 Å². The predicted molar refractivity (Wildman–Crippen MR) is 143 cm³/mol. The molecule has 6 rings (SSSR count). The minimum Gasteiger partial charge on any atom is -0.0622 e. The molecule has 146 valence electrons. The van der Waals surface area contributed by atoms with Crippen LogP contribution < -0.4 is 0 Å². The fourth-order valence-electron chi connectivity index (χ4n) is 4.75. The summed E-state index contributed by atoms with van der Waals surface area (Å²) in [6.45, 7) is 0. The highest BCUT2D eigenvalue weighted by Crippen LogP contribution is 2.44. The van der Waals surface area contributed by atoms with Crippen LogP contribution in [0.5, 0.6) is 0 Å². The van der Waals surface area contributed by atoms with Crippen molar-refractivity contribution in [3.63, 3.8) is 0 Å². The van der Waals surface area contributed by atoms with Crippen LogP contribution in [0.25, 0.3) is 54.6 Å². The molecule has 0 atom stereocenters. The third-order valence-corrected chi connectivity index (χ3v) is 7.21. The quantitative estimate of drug-likeness (QED) is 0.162. The Kier molecular flexibility index (Phi) is 4.50.